The fourth-order valence-corrected chi connectivity index (χ4v) is 4.14. The van der Waals surface area contributed by atoms with Crippen LogP contribution in [0.25, 0.3) is 11.3 Å². The van der Waals surface area contributed by atoms with Crippen LogP contribution in [0.15, 0.2) is 53.5 Å². The maximum atomic E-state index is 12.3. The number of para-hydroxylation sites is 1. The first-order chi connectivity index (χ1) is 12.5. The van der Waals surface area contributed by atoms with Crippen LogP contribution in [-0.2, 0) is 4.79 Å². The smallest absolute Gasteiger partial charge is 0.279 e. The van der Waals surface area contributed by atoms with Gasteiger partial charge in [-0.2, -0.15) is 0 Å². The van der Waals surface area contributed by atoms with Crippen molar-refractivity contribution in [2.24, 2.45) is 4.99 Å². The summed E-state index contributed by atoms with van der Waals surface area (Å²) in [7, 11) is 0. The lowest BCUT2D eigenvalue weighted by Crippen LogP contribution is -2.22. The van der Waals surface area contributed by atoms with Crippen molar-refractivity contribution in [3.05, 3.63) is 78.1 Å². The average Bonchev–Trinajstić information content (AvgIpc) is 3.10. The number of benzene rings is 2. The fraction of sp³-hybridized carbons (Fsp3) is 0. The van der Waals surface area contributed by atoms with Crippen molar-refractivity contribution in [2.75, 3.05) is 0 Å². The second kappa shape index (κ2) is 5.97. The molecule has 0 spiro atoms. The molecule has 2 aromatic carbocycles. The third-order valence-electron chi connectivity index (χ3n) is 3.94. The van der Waals surface area contributed by atoms with Crippen molar-refractivity contribution in [3.63, 3.8) is 0 Å². The first kappa shape index (κ1) is 16.3. The van der Waals surface area contributed by atoms with Gasteiger partial charge in [-0.05, 0) is 30.4 Å². The molecule has 0 saturated heterocycles. The fourth-order valence-electron chi connectivity index (χ4n) is 2.76. The van der Waals surface area contributed by atoms with Crippen LogP contribution < -0.4 is 10.6 Å². The molecular formula is C17H9N3O4S2. The van der Waals surface area contributed by atoms with Crippen LogP contribution in [-0.4, -0.2) is 20.5 Å². The number of fused-ring (bicyclic) bond motifs is 1. The summed E-state index contributed by atoms with van der Waals surface area (Å²) in [6.07, 6.45) is 0. The van der Waals surface area contributed by atoms with Crippen LogP contribution in [0.1, 0.15) is 4.88 Å². The first-order valence-corrected chi connectivity index (χ1v) is 8.62. The van der Waals surface area contributed by atoms with Gasteiger partial charge in [0.2, 0.25) is 5.88 Å². The molecule has 1 N–H and O–H groups in total. The summed E-state index contributed by atoms with van der Waals surface area (Å²) < 4.78 is 1.69. The molecule has 0 bridgehead atoms. The minimum absolute atomic E-state index is 0.0664. The van der Waals surface area contributed by atoms with Gasteiger partial charge in [-0.25, -0.2) is 4.99 Å². The number of rotatable bonds is 3. The monoisotopic (exact) mass is 383 g/mol. The number of nitrogens with zero attached hydrogens (tertiary/aromatic N) is 3. The molecule has 7 nitrogen and oxygen atoms in total. The number of aromatic hydroxyl groups is 1. The lowest BCUT2D eigenvalue weighted by atomic mass is 10.1. The predicted molar refractivity (Wildman–Crippen MR) is 97.5 cm³/mol. The molecule has 0 unspecified atom stereocenters. The molecule has 0 aliphatic carbocycles. The highest BCUT2D eigenvalue weighted by molar-refractivity contribution is 7.73. The first-order valence-electron chi connectivity index (χ1n) is 7.40. The zero-order valence-electron chi connectivity index (χ0n) is 12.9. The molecule has 9 heteroatoms. The van der Waals surface area contributed by atoms with Gasteiger partial charge >= 0.3 is 0 Å². The van der Waals surface area contributed by atoms with E-state index < -0.39 is 10.8 Å². The van der Waals surface area contributed by atoms with Crippen LogP contribution in [0.2, 0.25) is 0 Å². The topological polar surface area (TPSA) is 97.7 Å². The van der Waals surface area contributed by atoms with Crippen molar-refractivity contribution >= 4 is 40.7 Å². The Morgan fingerprint density at radius 3 is 2.54 bits per heavy atom. The maximum absolute atomic E-state index is 12.3. The maximum Gasteiger partial charge on any atom is 0.279 e. The Morgan fingerprint density at radius 2 is 1.85 bits per heavy atom. The Kier molecular flexibility index (Phi) is 3.74. The van der Waals surface area contributed by atoms with Gasteiger partial charge < -0.3 is 5.11 Å². The molecule has 0 fully saturated rings. The largest absolute Gasteiger partial charge is 0.493 e. The second-order valence-electron chi connectivity index (χ2n) is 5.44. The van der Waals surface area contributed by atoms with E-state index >= 15 is 0 Å². The standard InChI is InChI=1S/C17H9N3O4S2/c21-15-13(11-3-1-2-4-12(11)18-15)14-16(22)19(17(25)26-14)9-5-7-10(8-6-9)20(23)24/h1-8,22H. The average molecular weight is 383 g/mol. The van der Waals surface area contributed by atoms with Crippen LogP contribution in [0.4, 0.5) is 5.69 Å². The minimum atomic E-state index is -0.507. The third-order valence-corrected chi connectivity index (χ3v) is 5.32. The minimum Gasteiger partial charge on any atom is -0.493 e. The molecule has 0 atom stereocenters. The molecule has 1 aromatic heterocycles. The zero-order chi connectivity index (χ0) is 18.4. The lowest BCUT2D eigenvalue weighted by molar-refractivity contribution is -0.384. The Hall–Kier alpha value is -3.17. The number of amides is 1. The zero-order valence-corrected chi connectivity index (χ0v) is 14.6. The van der Waals surface area contributed by atoms with Crippen molar-refractivity contribution in [2.45, 2.75) is 0 Å². The molecule has 128 valence electrons. The number of hydrogen-bond acceptors (Lipinski definition) is 6. The number of nitro groups is 1. The van der Waals surface area contributed by atoms with Gasteiger partial charge in [-0.1, -0.05) is 18.2 Å². The number of carbonyl (C=O) groups excluding carboxylic acids is 1. The number of nitro benzene ring substituents is 1. The summed E-state index contributed by atoms with van der Waals surface area (Å²) >= 11 is 6.42. The quantitative estimate of drug-likeness (QED) is 0.425. The van der Waals surface area contributed by atoms with Crippen LogP contribution in [0, 0.1) is 14.1 Å². The molecule has 3 aromatic rings. The number of aromatic nitrogens is 1. The SMILES string of the molecule is O=C1N=c2ccccc2=C1c1sc(=S)n(-c2ccc([N+](=O)[O-])cc2)c1O. The Bertz CT molecular complexity index is 1260. The van der Waals surface area contributed by atoms with E-state index in [1.54, 1.807) is 24.3 Å². The Morgan fingerprint density at radius 1 is 1.15 bits per heavy atom. The van der Waals surface area contributed by atoms with E-state index in [-0.39, 0.29) is 11.6 Å². The Balaban J connectivity index is 1.92. The van der Waals surface area contributed by atoms with E-state index in [1.165, 1.54) is 28.8 Å². The van der Waals surface area contributed by atoms with Gasteiger partial charge in [0, 0.05) is 17.4 Å². The summed E-state index contributed by atoms with van der Waals surface area (Å²) in [6, 6.07) is 12.7. The van der Waals surface area contributed by atoms with E-state index in [4.69, 9.17) is 12.2 Å². The summed E-state index contributed by atoms with van der Waals surface area (Å²) in [4.78, 5) is 26.9. The highest BCUT2D eigenvalue weighted by Gasteiger charge is 2.25. The second-order valence-corrected chi connectivity index (χ2v) is 7.08. The highest BCUT2D eigenvalue weighted by atomic mass is 32.1. The molecule has 1 aliphatic rings. The number of non-ortho nitro benzene ring substituents is 1. The third kappa shape index (κ3) is 2.45. The molecule has 2 heterocycles. The van der Waals surface area contributed by atoms with Gasteiger partial charge in [-0.15, -0.1) is 11.3 Å². The molecular weight excluding hydrogens is 374 g/mol. The van der Waals surface area contributed by atoms with Gasteiger partial charge in [0.25, 0.3) is 11.6 Å². The lowest BCUT2D eigenvalue weighted by Gasteiger charge is -2.05. The number of thiazole rings is 1. The Labute approximate surface area is 155 Å². The van der Waals surface area contributed by atoms with E-state index in [2.05, 4.69) is 4.99 Å². The van der Waals surface area contributed by atoms with Gasteiger partial charge in [0.05, 0.1) is 21.5 Å². The molecule has 0 radical (unpaired) electrons. The van der Waals surface area contributed by atoms with Crippen molar-refractivity contribution in [3.8, 4) is 11.6 Å². The molecule has 4 rings (SSSR count). The van der Waals surface area contributed by atoms with E-state index in [1.807, 2.05) is 0 Å². The molecule has 0 saturated carbocycles. The summed E-state index contributed by atoms with van der Waals surface area (Å²) in [5, 5.41) is 22.7. The van der Waals surface area contributed by atoms with Crippen molar-refractivity contribution in [1.29, 1.82) is 0 Å². The van der Waals surface area contributed by atoms with Crippen LogP contribution in [0.3, 0.4) is 0 Å². The van der Waals surface area contributed by atoms with E-state index in [9.17, 15) is 20.0 Å². The van der Waals surface area contributed by atoms with Crippen molar-refractivity contribution in [1.82, 2.24) is 4.57 Å². The highest BCUT2D eigenvalue weighted by Crippen LogP contribution is 2.35. The molecule has 1 amide bonds. The normalized spacial score (nSPS) is 12.8. The summed E-state index contributed by atoms with van der Waals surface area (Å²) in [5.74, 6) is -0.627. The van der Waals surface area contributed by atoms with E-state index in [0.717, 1.165) is 11.3 Å². The van der Waals surface area contributed by atoms with Crippen LogP contribution in [0.5, 0.6) is 5.88 Å². The van der Waals surface area contributed by atoms with Crippen LogP contribution >= 0.6 is 23.6 Å². The summed E-state index contributed by atoms with van der Waals surface area (Å²) in [5.41, 5.74) is 0.704. The predicted octanol–water partition coefficient (Wildman–Crippen LogP) is 2.24. The molecule has 1 aliphatic heterocycles. The van der Waals surface area contributed by atoms with Crippen molar-refractivity contribution < 1.29 is 14.8 Å². The molecule has 26 heavy (non-hydrogen) atoms. The van der Waals surface area contributed by atoms with E-state index in [0.29, 0.717) is 30.7 Å². The number of hydrogen-bond donors (Lipinski definition) is 1. The van der Waals surface area contributed by atoms with Gasteiger partial charge in [0.1, 0.15) is 4.88 Å². The van der Waals surface area contributed by atoms with Gasteiger partial charge in [0.15, 0.2) is 3.95 Å². The number of carbonyl (C=O) groups is 1. The summed E-state index contributed by atoms with van der Waals surface area (Å²) in [6.45, 7) is 0. The van der Waals surface area contributed by atoms with Gasteiger partial charge in [-0.3, -0.25) is 19.5 Å².